The Kier molecular flexibility index (Phi) is 5.10. The van der Waals surface area contributed by atoms with E-state index in [-0.39, 0.29) is 17.7 Å². The fraction of sp³-hybridized carbons (Fsp3) is 0.667. The van der Waals surface area contributed by atoms with Crippen LogP contribution in [-0.4, -0.2) is 48.4 Å². The average Bonchev–Trinajstić information content (AvgIpc) is 2.24. The van der Waals surface area contributed by atoms with Crippen LogP contribution >= 0.6 is 11.8 Å². The second-order valence-corrected chi connectivity index (χ2v) is 4.44. The number of carbonyl (C=O) groups is 3. The Hall–Kier alpha value is -1.24. The molecule has 1 saturated heterocycles. The molecule has 6 nitrogen and oxygen atoms in total. The molecule has 3 N–H and O–H groups in total. The molecule has 1 unspecified atom stereocenters. The molecule has 0 aromatic heterocycles. The van der Waals surface area contributed by atoms with E-state index in [1.807, 2.05) is 0 Å². The van der Waals surface area contributed by atoms with Gasteiger partial charge in [0.15, 0.2) is 0 Å². The Labute approximate surface area is 97.9 Å². The molecule has 1 aliphatic rings. The largest absolute Gasteiger partial charge is 0.355 e. The molecule has 1 rings (SSSR count). The van der Waals surface area contributed by atoms with Crippen molar-refractivity contribution in [3.8, 4) is 0 Å². The summed E-state index contributed by atoms with van der Waals surface area (Å²) < 4.78 is 0. The van der Waals surface area contributed by atoms with Crippen molar-refractivity contribution in [2.45, 2.75) is 13.0 Å². The van der Waals surface area contributed by atoms with Crippen LogP contribution in [0.2, 0.25) is 0 Å². The highest BCUT2D eigenvalue weighted by Gasteiger charge is 2.24. The first kappa shape index (κ1) is 12.8. The topological polar surface area (TPSA) is 87.3 Å². The molecule has 0 aliphatic carbocycles. The van der Waals surface area contributed by atoms with Gasteiger partial charge in [0, 0.05) is 25.8 Å². The molecule has 1 heterocycles. The zero-order chi connectivity index (χ0) is 12.0. The van der Waals surface area contributed by atoms with Gasteiger partial charge in [0.2, 0.25) is 17.7 Å². The van der Waals surface area contributed by atoms with E-state index in [4.69, 9.17) is 0 Å². The number of nitrogens with one attached hydrogen (secondary N) is 3. The highest BCUT2D eigenvalue weighted by Crippen LogP contribution is 2.08. The van der Waals surface area contributed by atoms with Gasteiger partial charge in [-0.3, -0.25) is 14.4 Å². The standard InChI is InChI=1S/C9H15N3O3S/c1-6(13)10-2-3-11-9(15)7-4-16-5-8(14)12-7/h7H,2-5H2,1H3,(H,10,13)(H,11,15)(H,12,14). The van der Waals surface area contributed by atoms with Gasteiger partial charge in [0.1, 0.15) is 6.04 Å². The summed E-state index contributed by atoms with van der Waals surface area (Å²) in [6, 6.07) is -0.455. The first-order valence-electron chi connectivity index (χ1n) is 4.99. The molecule has 90 valence electrons. The van der Waals surface area contributed by atoms with Crippen molar-refractivity contribution in [1.29, 1.82) is 0 Å². The molecule has 1 fully saturated rings. The van der Waals surface area contributed by atoms with E-state index < -0.39 is 6.04 Å². The van der Waals surface area contributed by atoms with Crippen LogP contribution in [0.25, 0.3) is 0 Å². The Bertz CT molecular complexity index is 296. The van der Waals surface area contributed by atoms with Gasteiger partial charge in [-0.05, 0) is 0 Å². The quantitative estimate of drug-likeness (QED) is 0.524. The van der Waals surface area contributed by atoms with Crippen LogP contribution in [0.1, 0.15) is 6.92 Å². The van der Waals surface area contributed by atoms with Crippen molar-refractivity contribution in [2.75, 3.05) is 24.6 Å². The molecule has 0 saturated carbocycles. The Morgan fingerprint density at radius 2 is 2.12 bits per heavy atom. The molecule has 7 heteroatoms. The normalized spacial score (nSPS) is 19.8. The van der Waals surface area contributed by atoms with Crippen molar-refractivity contribution >= 4 is 29.5 Å². The van der Waals surface area contributed by atoms with E-state index in [1.165, 1.54) is 18.7 Å². The van der Waals surface area contributed by atoms with Crippen LogP contribution in [0.3, 0.4) is 0 Å². The molecular weight excluding hydrogens is 230 g/mol. The van der Waals surface area contributed by atoms with Crippen LogP contribution in [0, 0.1) is 0 Å². The lowest BCUT2D eigenvalue weighted by molar-refractivity contribution is -0.127. The molecular formula is C9H15N3O3S. The van der Waals surface area contributed by atoms with Gasteiger partial charge in [-0.2, -0.15) is 0 Å². The summed E-state index contributed by atoms with van der Waals surface area (Å²) in [5, 5.41) is 7.82. The van der Waals surface area contributed by atoms with Crippen LogP contribution in [0.4, 0.5) is 0 Å². The first-order chi connectivity index (χ1) is 7.59. The van der Waals surface area contributed by atoms with Crippen LogP contribution < -0.4 is 16.0 Å². The highest BCUT2D eigenvalue weighted by atomic mass is 32.2. The van der Waals surface area contributed by atoms with E-state index in [2.05, 4.69) is 16.0 Å². The maximum absolute atomic E-state index is 11.5. The SMILES string of the molecule is CC(=O)NCCNC(=O)C1CSCC(=O)N1. The number of rotatable bonds is 4. The van der Waals surface area contributed by atoms with E-state index in [0.717, 1.165) is 0 Å². The fourth-order valence-electron chi connectivity index (χ4n) is 1.24. The fourth-order valence-corrected chi connectivity index (χ4v) is 2.09. The number of thioether (sulfide) groups is 1. The summed E-state index contributed by atoms with van der Waals surface area (Å²) in [7, 11) is 0. The van der Waals surface area contributed by atoms with Gasteiger partial charge in [-0.25, -0.2) is 0 Å². The molecule has 0 bridgehead atoms. The third-order valence-electron chi connectivity index (χ3n) is 1.97. The first-order valence-corrected chi connectivity index (χ1v) is 6.14. The van der Waals surface area contributed by atoms with E-state index in [0.29, 0.717) is 24.6 Å². The maximum atomic E-state index is 11.5. The molecule has 0 radical (unpaired) electrons. The number of hydrogen-bond donors (Lipinski definition) is 3. The predicted octanol–water partition coefficient (Wildman–Crippen LogP) is -1.53. The van der Waals surface area contributed by atoms with Gasteiger partial charge in [0.05, 0.1) is 5.75 Å². The lowest BCUT2D eigenvalue weighted by Crippen LogP contribution is -2.52. The molecule has 16 heavy (non-hydrogen) atoms. The second-order valence-electron chi connectivity index (χ2n) is 3.41. The highest BCUT2D eigenvalue weighted by molar-refractivity contribution is 8.00. The minimum atomic E-state index is -0.455. The Morgan fingerprint density at radius 1 is 1.44 bits per heavy atom. The smallest absolute Gasteiger partial charge is 0.243 e. The Balaban J connectivity index is 2.19. The van der Waals surface area contributed by atoms with Crippen LogP contribution in [0.15, 0.2) is 0 Å². The van der Waals surface area contributed by atoms with Crippen molar-refractivity contribution in [3.05, 3.63) is 0 Å². The van der Waals surface area contributed by atoms with Gasteiger partial charge >= 0.3 is 0 Å². The molecule has 0 aromatic rings. The number of hydrogen-bond acceptors (Lipinski definition) is 4. The molecule has 0 aromatic carbocycles. The second kappa shape index (κ2) is 6.37. The zero-order valence-corrected chi connectivity index (χ0v) is 9.86. The molecule has 1 aliphatic heterocycles. The van der Waals surface area contributed by atoms with Crippen LogP contribution in [-0.2, 0) is 14.4 Å². The van der Waals surface area contributed by atoms with Crippen molar-refractivity contribution < 1.29 is 14.4 Å². The number of carbonyl (C=O) groups excluding carboxylic acids is 3. The maximum Gasteiger partial charge on any atom is 0.243 e. The average molecular weight is 245 g/mol. The van der Waals surface area contributed by atoms with Crippen molar-refractivity contribution in [3.63, 3.8) is 0 Å². The minimum absolute atomic E-state index is 0.113. The summed E-state index contributed by atoms with van der Waals surface area (Å²) in [6.07, 6.45) is 0. The third-order valence-corrected chi connectivity index (χ3v) is 3.00. The van der Waals surface area contributed by atoms with E-state index >= 15 is 0 Å². The summed E-state index contributed by atoms with van der Waals surface area (Å²) in [6.45, 7) is 2.18. The zero-order valence-electron chi connectivity index (χ0n) is 9.04. The lowest BCUT2D eigenvalue weighted by Gasteiger charge is -2.21. The monoisotopic (exact) mass is 245 g/mol. The summed E-state index contributed by atoms with van der Waals surface area (Å²) >= 11 is 1.44. The molecule has 0 spiro atoms. The third kappa shape index (κ3) is 4.52. The van der Waals surface area contributed by atoms with Gasteiger partial charge in [0.25, 0.3) is 0 Å². The minimum Gasteiger partial charge on any atom is -0.355 e. The van der Waals surface area contributed by atoms with E-state index in [1.54, 1.807) is 0 Å². The summed E-state index contributed by atoms with van der Waals surface area (Å²) in [5.41, 5.74) is 0. The Morgan fingerprint density at radius 3 is 2.75 bits per heavy atom. The van der Waals surface area contributed by atoms with Crippen molar-refractivity contribution in [1.82, 2.24) is 16.0 Å². The number of amides is 3. The van der Waals surface area contributed by atoms with Crippen molar-refractivity contribution in [2.24, 2.45) is 0 Å². The molecule has 1 atom stereocenters. The molecule has 3 amide bonds. The predicted molar refractivity (Wildman–Crippen MR) is 60.9 cm³/mol. The van der Waals surface area contributed by atoms with Crippen LogP contribution in [0.5, 0.6) is 0 Å². The van der Waals surface area contributed by atoms with Gasteiger partial charge < -0.3 is 16.0 Å². The van der Waals surface area contributed by atoms with E-state index in [9.17, 15) is 14.4 Å². The lowest BCUT2D eigenvalue weighted by atomic mass is 10.3. The van der Waals surface area contributed by atoms with Gasteiger partial charge in [-0.1, -0.05) is 0 Å². The summed E-state index contributed by atoms with van der Waals surface area (Å²) in [4.78, 5) is 33.1. The summed E-state index contributed by atoms with van der Waals surface area (Å²) in [5.74, 6) is 0.563. The van der Waals surface area contributed by atoms with Gasteiger partial charge in [-0.15, -0.1) is 11.8 Å².